The van der Waals surface area contributed by atoms with Gasteiger partial charge in [-0.15, -0.1) is 0 Å². The molecule has 0 saturated carbocycles. The van der Waals surface area contributed by atoms with Gasteiger partial charge in [0.2, 0.25) is 0 Å². The van der Waals surface area contributed by atoms with Gasteiger partial charge >= 0.3 is 0 Å². The molecule has 21 heavy (non-hydrogen) atoms. The number of sulfonamides is 1. The van der Waals surface area contributed by atoms with Gasteiger partial charge in [0, 0.05) is 10.2 Å². The molecule has 2 rings (SSSR count). The van der Waals surface area contributed by atoms with Crippen LogP contribution in [0.4, 0.5) is 5.69 Å². The highest BCUT2D eigenvalue weighted by Gasteiger charge is 2.19. The number of halogens is 1. The lowest BCUT2D eigenvalue weighted by atomic mass is 10.1. The Balaban J connectivity index is 2.44. The molecule has 0 atom stereocenters. The third-order valence-corrected chi connectivity index (χ3v) is 5.28. The Kier molecular flexibility index (Phi) is 4.70. The van der Waals surface area contributed by atoms with Gasteiger partial charge in [0.1, 0.15) is 0 Å². The maximum atomic E-state index is 12.5. The largest absolute Gasteiger partial charge is 0.392 e. The Labute approximate surface area is 133 Å². The van der Waals surface area contributed by atoms with Crippen LogP contribution in [-0.4, -0.2) is 13.5 Å². The fraction of sp³-hybridized carbons (Fsp3) is 0.200. The summed E-state index contributed by atoms with van der Waals surface area (Å²) in [5.41, 5.74) is 2.58. The molecular weight excluding hydrogens is 354 g/mol. The lowest BCUT2D eigenvalue weighted by molar-refractivity contribution is 0.281. The Morgan fingerprint density at radius 1 is 1.14 bits per heavy atom. The van der Waals surface area contributed by atoms with Crippen LogP contribution in [0, 0.1) is 13.8 Å². The normalized spacial score (nSPS) is 11.4. The van der Waals surface area contributed by atoms with Gasteiger partial charge in [-0.1, -0.05) is 22.0 Å². The maximum absolute atomic E-state index is 12.5. The summed E-state index contributed by atoms with van der Waals surface area (Å²) in [6.07, 6.45) is 0. The SMILES string of the molecule is Cc1cc(CO)cc(S(=O)(=O)Nc2ccc(Br)cc2)c1C. The molecule has 0 aliphatic carbocycles. The Bertz CT molecular complexity index is 755. The zero-order valence-electron chi connectivity index (χ0n) is 11.7. The van der Waals surface area contributed by atoms with E-state index < -0.39 is 10.0 Å². The van der Waals surface area contributed by atoms with E-state index in [0.29, 0.717) is 16.8 Å². The minimum atomic E-state index is -3.69. The van der Waals surface area contributed by atoms with Crippen molar-refractivity contribution in [2.24, 2.45) is 0 Å². The Hall–Kier alpha value is -1.37. The summed E-state index contributed by atoms with van der Waals surface area (Å²) < 4.78 is 28.5. The van der Waals surface area contributed by atoms with Crippen LogP contribution in [0.5, 0.6) is 0 Å². The van der Waals surface area contributed by atoms with Crippen LogP contribution < -0.4 is 4.72 Å². The van der Waals surface area contributed by atoms with Crippen LogP contribution >= 0.6 is 15.9 Å². The summed E-state index contributed by atoms with van der Waals surface area (Å²) in [6, 6.07) is 10.2. The molecule has 0 saturated heterocycles. The third kappa shape index (κ3) is 3.64. The fourth-order valence-corrected chi connectivity index (χ4v) is 3.69. The molecule has 0 fully saturated rings. The lowest BCUT2D eigenvalue weighted by Crippen LogP contribution is -2.15. The molecule has 2 aromatic carbocycles. The van der Waals surface area contributed by atoms with Gasteiger partial charge in [0.15, 0.2) is 0 Å². The van der Waals surface area contributed by atoms with Crippen molar-refractivity contribution in [2.45, 2.75) is 25.3 Å². The van der Waals surface area contributed by atoms with Gasteiger partial charge in [-0.2, -0.15) is 0 Å². The fourth-order valence-electron chi connectivity index (χ4n) is 2.00. The highest BCUT2D eigenvalue weighted by molar-refractivity contribution is 9.10. The highest BCUT2D eigenvalue weighted by atomic mass is 79.9. The molecule has 112 valence electrons. The van der Waals surface area contributed by atoms with E-state index in [1.54, 1.807) is 37.3 Å². The summed E-state index contributed by atoms with van der Waals surface area (Å²) >= 11 is 3.31. The molecule has 0 heterocycles. The first kappa shape index (κ1) is 16.0. The molecule has 0 aliphatic heterocycles. The number of anilines is 1. The first-order valence-corrected chi connectivity index (χ1v) is 8.60. The highest BCUT2D eigenvalue weighted by Crippen LogP contribution is 2.24. The molecule has 0 amide bonds. The van der Waals surface area contributed by atoms with E-state index in [0.717, 1.165) is 10.0 Å². The number of rotatable bonds is 4. The number of benzene rings is 2. The van der Waals surface area contributed by atoms with Gasteiger partial charge < -0.3 is 5.11 Å². The Morgan fingerprint density at radius 2 is 1.76 bits per heavy atom. The smallest absolute Gasteiger partial charge is 0.262 e. The molecule has 0 aliphatic rings. The van der Waals surface area contributed by atoms with Crippen LogP contribution in [0.25, 0.3) is 0 Å². The molecule has 2 aromatic rings. The summed E-state index contributed by atoms with van der Waals surface area (Å²) in [4.78, 5) is 0.189. The average molecular weight is 370 g/mol. The molecule has 0 spiro atoms. The maximum Gasteiger partial charge on any atom is 0.262 e. The van der Waals surface area contributed by atoms with Crippen molar-refractivity contribution in [1.29, 1.82) is 0 Å². The average Bonchev–Trinajstić information content (AvgIpc) is 2.43. The van der Waals surface area contributed by atoms with E-state index >= 15 is 0 Å². The summed E-state index contributed by atoms with van der Waals surface area (Å²) in [5.74, 6) is 0. The number of hydrogen-bond acceptors (Lipinski definition) is 3. The van der Waals surface area contributed by atoms with Gasteiger partial charge in [-0.25, -0.2) is 8.42 Å². The zero-order valence-corrected chi connectivity index (χ0v) is 14.1. The molecule has 2 N–H and O–H groups in total. The second-order valence-corrected chi connectivity index (χ2v) is 7.37. The first-order chi connectivity index (χ1) is 9.83. The summed E-state index contributed by atoms with van der Waals surface area (Å²) in [6.45, 7) is 3.39. The number of aliphatic hydroxyl groups excluding tert-OH is 1. The van der Waals surface area contributed by atoms with Gasteiger partial charge in [0.05, 0.1) is 11.5 Å². The van der Waals surface area contributed by atoms with Crippen LogP contribution in [0.1, 0.15) is 16.7 Å². The van der Waals surface area contributed by atoms with E-state index in [1.807, 2.05) is 6.92 Å². The topological polar surface area (TPSA) is 66.4 Å². The van der Waals surface area contributed by atoms with Crippen LogP contribution in [0.15, 0.2) is 45.8 Å². The number of aryl methyl sites for hydroxylation is 1. The molecule has 0 bridgehead atoms. The first-order valence-electron chi connectivity index (χ1n) is 6.33. The molecule has 0 radical (unpaired) electrons. The van der Waals surface area contributed by atoms with Gasteiger partial charge in [-0.3, -0.25) is 4.72 Å². The number of nitrogens with one attached hydrogen (secondary N) is 1. The van der Waals surface area contributed by atoms with Crippen molar-refractivity contribution in [2.75, 3.05) is 4.72 Å². The second-order valence-electron chi connectivity index (χ2n) is 4.81. The van der Waals surface area contributed by atoms with Gasteiger partial charge in [-0.05, 0) is 60.9 Å². The van der Waals surface area contributed by atoms with Crippen molar-refractivity contribution in [3.05, 3.63) is 57.6 Å². The second kappa shape index (κ2) is 6.17. The minimum absolute atomic E-state index is 0.189. The number of hydrogen-bond donors (Lipinski definition) is 2. The monoisotopic (exact) mass is 369 g/mol. The van der Waals surface area contributed by atoms with Crippen LogP contribution in [0.3, 0.4) is 0 Å². The summed E-state index contributed by atoms with van der Waals surface area (Å²) in [5, 5.41) is 9.24. The summed E-state index contributed by atoms with van der Waals surface area (Å²) in [7, 11) is -3.69. The molecular formula is C15H16BrNO3S. The zero-order chi connectivity index (χ0) is 15.6. The molecule has 0 unspecified atom stereocenters. The van der Waals surface area contributed by atoms with Crippen LogP contribution in [-0.2, 0) is 16.6 Å². The number of aliphatic hydroxyl groups is 1. The van der Waals surface area contributed by atoms with Crippen molar-refractivity contribution in [3.8, 4) is 0 Å². The molecule has 6 heteroatoms. The predicted octanol–water partition coefficient (Wildman–Crippen LogP) is 3.36. The van der Waals surface area contributed by atoms with Crippen molar-refractivity contribution in [1.82, 2.24) is 0 Å². The molecule has 4 nitrogen and oxygen atoms in total. The van der Waals surface area contributed by atoms with Crippen molar-refractivity contribution < 1.29 is 13.5 Å². The lowest BCUT2D eigenvalue weighted by Gasteiger charge is -2.13. The predicted molar refractivity (Wildman–Crippen MR) is 86.8 cm³/mol. The standard InChI is InChI=1S/C15H16BrNO3S/c1-10-7-12(9-18)8-15(11(10)2)21(19,20)17-14-5-3-13(16)4-6-14/h3-8,17-18H,9H2,1-2H3. The van der Waals surface area contributed by atoms with Crippen LogP contribution in [0.2, 0.25) is 0 Å². The van der Waals surface area contributed by atoms with E-state index in [4.69, 9.17) is 0 Å². The van der Waals surface area contributed by atoms with E-state index in [1.165, 1.54) is 6.07 Å². The third-order valence-electron chi connectivity index (χ3n) is 3.25. The minimum Gasteiger partial charge on any atom is -0.392 e. The van der Waals surface area contributed by atoms with Crippen molar-refractivity contribution >= 4 is 31.6 Å². The Morgan fingerprint density at radius 3 is 2.33 bits per heavy atom. The van der Waals surface area contributed by atoms with E-state index in [2.05, 4.69) is 20.7 Å². The van der Waals surface area contributed by atoms with E-state index in [-0.39, 0.29) is 11.5 Å². The van der Waals surface area contributed by atoms with Gasteiger partial charge in [0.25, 0.3) is 10.0 Å². The van der Waals surface area contributed by atoms with Crippen molar-refractivity contribution in [3.63, 3.8) is 0 Å². The van der Waals surface area contributed by atoms with E-state index in [9.17, 15) is 13.5 Å². The quantitative estimate of drug-likeness (QED) is 0.867. The molecule has 0 aromatic heterocycles.